The van der Waals surface area contributed by atoms with Gasteiger partial charge in [0, 0.05) is 12.2 Å². The van der Waals surface area contributed by atoms with E-state index in [2.05, 4.69) is 10.3 Å². The Morgan fingerprint density at radius 1 is 1.27 bits per heavy atom. The third-order valence-electron chi connectivity index (χ3n) is 3.84. The third-order valence-corrected chi connectivity index (χ3v) is 4.93. The molecule has 0 saturated carbocycles. The summed E-state index contributed by atoms with van der Waals surface area (Å²) in [6.45, 7) is 5.85. The van der Waals surface area contributed by atoms with Gasteiger partial charge in [-0.25, -0.2) is 4.98 Å². The van der Waals surface area contributed by atoms with Gasteiger partial charge in [-0.05, 0) is 50.1 Å². The molecule has 1 heterocycles. The number of aromatic nitrogens is 1. The van der Waals surface area contributed by atoms with Gasteiger partial charge in [-0.15, -0.1) is 0 Å². The van der Waals surface area contributed by atoms with Gasteiger partial charge in [0.05, 0.1) is 17.9 Å². The molecule has 0 radical (unpaired) electrons. The van der Waals surface area contributed by atoms with Crippen molar-refractivity contribution in [3.8, 4) is 5.75 Å². The SMILES string of the molecule is COc1ccc(CNC(=O)C(C)Sc2nc(C)cc(C)c2C(N)=O)cc1. The Morgan fingerprint density at radius 3 is 2.50 bits per heavy atom. The van der Waals surface area contributed by atoms with Gasteiger partial charge < -0.3 is 15.8 Å². The van der Waals surface area contributed by atoms with E-state index in [1.807, 2.05) is 38.1 Å². The molecule has 6 nitrogen and oxygen atoms in total. The summed E-state index contributed by atoms with van der Waals surface area (Å²) in [7, 11) is 1.61. The predicted octanol–water partition coefficient (Wildman–Crippen LogP) is 2.60. The van der Waals surface area contributed by atoms with E-state index in [1.165, 1.54) is 11.8 Å². The van der Waals surface area contributed by atoms with Gasteiger partial charge in [0.25, 0.3) is 5.91 Å². The number of nitrogens with two attached hydrogens (primary N) is 1. The van der Waals surface area contributed by atoms with E-state index >= 15 is 0 Å². The molecule has 2 amide bonds. The number of rotatable bonds is 7. The zero-order chi connectivity index (χ0) is 19.3. The second-order valence-corrected chi connectivity index (χ2v) is 7.28. The molecule has 0 aliphatic heterocycles. The third kappa shape index (κ3) is 4.98. The summed E-state index contributed by atoms with van der Waals surface area (Å²) in [6, 6.07) is 9.29. The van der Waals surface area contributed by atoms with Crippen molar-refractivity contribution in [1.82, 2.24) is 10.3 Å². The topological polar surface area (TPSA) is 94.3 Å². The number of carbonyl (C=O) groups is 2. The second kappa shape index (κ2) is 8.71. The highest BCUT2D eigenvalue weighted by molar-refractivity contribution is 8.00. The van der Waals surface area contributed by atoms with Crippen LogP contribution in [0, 0.1) is 13.8 Å². The number of aryl methyl sites for hydroxylation is 2. The number of pyridine rings is 1. The minimum atomic E-state index is -0.539. The molecule has 0 bridgehead atoms. The van der Waals surface area contributed by atoms with Crippen LogP contribution in [-0.2, 0) is 11.3 Å². The lowest BCUT2D eigenvalue weighted by atomic mass is 10.1. The van der Waals surface area contributed by atoms with Gasteiger partial charge in [-0.3, -0.25) is 9.59 Å². The molecule has 1 aromatic heterocycles. The van der Waals surface area contributed by atoms with Crippen LogP contribution in [0.1, 0.15) is 34.1 Å². The summed E-state index contributed by atoms with van der Waals surface area (Å²) in [4.78, 5) is 28.5. The average Bonchev–Trinajstić information content (AvgIpc) is 2.59. The van der Waals surface area contributed by atoms with E-state index in [9.17, 15) is 9.59 Å². The summed E-state index contributed by atoms with van der Waals surface area (Å²) in [5.74, 6) is 0.0920. The maximum Gasteiger partial charge on any atom is 0.251 e. The van der Waals surface area contributed by atoms with Gasteiger partial charge in [-0.2, -0.15) is 0 Å². The first-order valence-corrected chi connectivity index (χ1v) is 9.05. The van der Waals surface area contributed by atoms with Crippen molar-refractivity contribution in [3.63, 3.8) is 0 Å². The molecule has 1 atom stereocenters. The Morgan fingerprint density at radius 2 is 1.92 bits per heavy atom. The molecular formula is C19H23N3O3S. The quantitative estimate of drug-likeness (QED) is 0.728. The number of nitrogens with zero attached hydrogens (tertiary/aromatic N) is 1. The van der Waals surface area contributed by atoms with Crippen molar-refractivity contribution >= 4 is 23.6 Å². The van der Waals surface area contributed by atoms with Gasteiger partial charge >= 0.3 is 0 Å². The van der Waals surface area contributed by atoms with Crippen molar-refractivity contribution in [1.29, 1.82) is 0 Å². The van der Waals surface area contributed by atoms with E-state index in [1.54, 1.807) is 20.1 Å². The molecule has 1 aromatic carbocycles. The fraction of sp³-hybridized carbons (Fsp3) is 0.316. The zero-order valence-corrected chi connectivity index (χ0v) is 16.1. The van der Waals surface area contributed by atoms with Crippen molar-refractivity contribution in [3.05, 3.63) is 52.7 Å². The Labute approximate surface area is 157 Å². The monoisotopic (exact) mass is 373 g/mol. The maximum atomic E-state index is 12.4. The number of benzene rings is 1. The number of ether oxygens (including phenoxy) is 1. The van der Waals surface area contributed by atoms with Gasteiger partial charge in [0.2, 0.25) is 5.91 Å². The Kier molecular flexibility index (Phi) is 6.63. The lowest BCUT2D eigenvalue weighted by molar-refractivity contribution is -0.120. The van der Waals surface area contributed by atoms with Crippen LogP contribution in [0.2, 0.25) is 0 Å². The van der Waals surface area contributed by atoms with Crippen LogP contribution in [0.5, 0.6) is 5.75 Å². The average molecular weight is 373 g/mol. The van der Waals surface area contributed by atoms with Gasteiger partial charge in [0.15, 0.2) is 0 Å². The number of hydrogen-bond donors (Lipinski definition) is 2. The molecule has 2 aromatic rings. The number of primary amides is 1. The van der Waals surface area contributed by atoms with E-state index in [0.717, 1.165) is 22.6 Å². The van der Waals surface area contributed by atoms with Crippen LogP contribution < -0.4 is 15.8 Å². The van der Waals surface area contributed by atoms with Crippen LogP contribution in [-0.4, -0.2) is 29.2 Å². The van der Waals surface area contributed by atoms with Gasteiger partial charge in [-0.1, -0.05) is 23.9 Å². The van der Waals surface area contributed by atoms with Crippen LogP contribution in [0.4, 0.5) is 0 Å². The molecule has 26 heavy (non-hydrogen) atoms. The maximum absolute atomic E-state index is 12.4. The Hall–Kier alpha value is -2.54. The predicted molar refractivity (Wildman–Crippen MR) is 102 cm³/mol. The smallest absolute Gasteiger partial charge is 0.251 e. The first-order chi connectivity index (χ1) is 12.3. The lowest BCUT2D eigenvalue weighted by Crippen LogP contribution is -2.30. The molecule has 0 fully saturated rings. The fourth-order valence-electron chi connectivity index (χ4n) is 2.48. The second-order valence-electron chi connectivity index (χ2n) is 5.95. The summed E-state index contributed by atoms with van der Waals surface area (Å²) >= 11 is 1.23. The Bertz CT molecular complexity index is 806. The first-order valence-electron chi connectivity index (χ1n) is 8.17. The summed E-state index contributed by atoms with van der Waals surface area (Å²) in [5.41, 5.74) is 8.36. The molecule has 2 rings (SSSR count). The highest BCUT2D eigenvalue weighted by atomic mass is 32.2. The largest absolute Gasteiger partial charge is 0.497 e. The Balaban J connectivity index is 2.03. The molecular weight excluding hydrogens is 350 g/mol. The van der Waals surface area contributed by atoms with E-state index < -0.39 is 11.2 Å². The van der Waals surface area contributed by atoms with Crippen LogP contribution in [0.15, 0.2) is 35.4 Å². The molecule has 0 spiro atoms. The highest BCUT2D eigenvalue weighted by Gasteiger charge is 2.20. The summed E-state index contributed by atoms with van der Waals surface area (Å²) in [5, 5.41) is 2.96. The number of nitrogens with one attached hydrogen (secondary N) is 1. The number of carbonyl (C=O) groups excluding carboxylic acids is 2. The number of thioether (sulfide) groups is 1. The fourth-order valence-corrected chi connectivity index (χ4v) is 3.59. The molecule has 138 valence electrons. The zero-order valence-electron chi connectivity index (χ0n) is 15.3. The van der Waals surface area contributed by atoms with Crippen LogP contribution in [0.3, 0.4) is 0 Å². The van der Waals surface area contributed by atoms with Crippen molar-refractivity contribution < 1.29 is 14.3 Å². The van der Waals surface area contributed by atoms with Crippen LogP contribution >= 0.6 is 11.8 Å². The molecule has 0 saturated heterocycles. The summed E-state index contributed by atoms with van der Waals surface area (Å²) in [6.07, 6.45) is 0. The molecule has 0 aliphatic rings. The lowest BCUT2D eigenvalue weighted by Gasteiger charge is -2.15. The normalized spacial score (nSPS) is 11.7. The van der Waals surface area contributed by atoms with Crippen molar-refractivity contribution in [2.45, 2.75) is 37.6 Å². The first kappa shape index (κ1) is 19.8. The molecule has 1 unspecified atom stereocenters. The number of hydrogen-bond acceptors (Lipinski definition) is 5. The molecule has 7 heteroatoms. The number of methoxy groups -OCH3 is 1. The summed E-state index contributed by atoms with van der Waals surface area (Å²) < 4.78 is 5.11. The minimum Gasteiger partial charge on any atom is -0.497 e. The van der Waals surface area contributed by atoms with Crippen LogP contribution in [0.25, 0.3) is 0 Å². The van der Waals surface area contributed by atoms with E-state index in [-0.39, 0.29) is 5.91 Å². The van der Waals surface area contributed by atoms with Crippen molar-refractivity contribution in [2.75, 3.05) is 7.11 Å². The molecule has 0 aliphatic carbocycles. The number of amides is 2. The van der Waals surface area contributed by atoms with Gasteiger partial charge in [0.1, 0.15) is 10.8 Å². The van der Waals surface area contributed by atoms with E-state index in [4.69, 9.17) is 10.5 Å². The van der Waals surface area contributed by atoms with Crippen molar-refractivity contribution in [2.24, 2.45) is 5.73 Å². The minimum absolute atomic E-state index is 0.137. The highest BCUT2D eigenvalue weighted by Crippen LogP contribution is 2.27. The molecule has 3 N–H and O–H groups in total. The van der Waals surface area contributed by atoms with E-state index in [0.29, 0.717) is 17.1 Å². The standard InChI is InChI=1S/C19H23N3O3S/c1-11-9-12(2)22-19(16(11)17(20)23)26-13(3)18(24)21-10-14-5-7-15(25-4)8-6-14/h5-9,13H,10H2,1-4H3,(H2,20,23)(H,21,24).